The number of nitrogens with zero attached hydrogens (tertiary/aromatic N) is 1. The van der Waals surface area contributed by atoms with Gasteiger partial charge in [0.25, 0.3) is 5.91 Å². The molecule has 1 aliphatic rings. The highest BCUT2D eigenvalue weighted by Crippen LogP contribution is 2.17. The number of carbonyl (C=O) groups is 1. The second-order valence-corrected chi connectivity index (χ2v) is 5.20. The Morgan fingerprint density at radius 1 is 1.38 bits per heavy atom. The molecule has 0 spiro atoms. The lowest BCUT2D eigenvalue weighted by atomic mass is 10.1. The average Bonchev–Trinajstić information content (AvgIpc) is 2.33. The molecule has 1 aromatic rings. The van der Waals surface area contributed by atoms with Crippen LogP contribution in [0, 0.1) is 6.92 Å². The summed E-state index contributed by atoms with van der Waals surface area (Å²) in [5.41, 5.74) is 8.23. The van der Waals surface area contributed by atoms with E-state index in [1.54, 1.807) is 6.07 Å². The number of carbonyl (C=O) groups excluding carboxylic acids is 1. The third-order valence-electron chi connectivity index (χ3n) is 2.82. The first kappa shape index (κ1) is 11.3. The number of anilines is 1. The highest BCUT2D eigenvalue weighted by molar-refractivity contribution is 7.99. The van der Waals surface area contributed by atoms with E-state index in [9.17, 15) is 4.79 Å². The van der Waals surface area contributed by atoms with Gasteiger partial charge in [0.05, 0.1) is 0 Å². The molecule has 86 valence electrons. The summed E-state index contributed by atoms with van der Waals surface area (Å²) < 4.78 is 0. The van der Waals surface area contributed by atoms with E-state index < -0.39 is 0 Å². The molecule has 0 aromatic heterocycles. The number of thioether (sulfide) groups is 1. The second kappa shape index (κ2) is 4.78. The number of nitrogens with two attached hydrogens (primary N) is 1. The van der Waals surface area contributed by atoms with Crippen LogP contribution in [0.2, 0.25) is 0 Å². The Balaban J connectivity index is 2.16. The zero-order valence-corrected chi connectivity index (χ0v) is 10.2. The third-order valence-corrected chi connectivity index (χ3v) is 3.77. The van der Waals surface area contributed by atoms with Gasteiger partial charge in [0, 0.05) is 35.8 Å². The first-order chi connectivity index (χ1) is 7.68. The Labute approximate surface area is 100.0 Å². The SMILES string of the molecule is Cc1ccc(C(=O)N2CCSCC2)cc1N. The molecule has 3 nitrogen and oxygen atoms in total. The molecule has 0 saturated carbocycles. The number of hydrogen-bond acceptors (Lipinski definition) is 3. The topological polar surface area (TPSA) is 46.3 Å². The largest absolute Gasteiger partial charge is 0.398 e. The van der Waals surface area contributed by atoms with E-state index in [-0.39, 0.29) is 5.91 Å². The molecule has 0 bridgehead atoms. The summed E-state index contributed by atoms with van der Waals surface area (Å²) in [7, 11) is 0. The van der Waals surface area contributed by atoms with E-state index in [1.807, 2.05) is 35.7 Å². The quantitative estimate of drug-likeness (QED) is 0.756. The maximum atomic E-state index is 12.1. The Hall–Kier alpha value is -1.16. The number of aryl methyl sites for hydroxylation is 1. The van der Waals surface area contributed by atoms with E-state index in [1.165, 1.54) is 0 Å². The zero-order chi connectivity index (χ0) is 11.5. The summed E-state index contributed by atoms with van der Waals surface area (Å²) in [5.74, 6) is 2.17. The summed E-state index contributed by atoms with van der Waals surface area (Å²) in [5, 5.41) is 0. The molecule has 16 heavy (non-hydrogen) atoms. The molecule has 1 aromatic carbocycles. The maximum Gasteiger partial charge on any atom is 0.253 e. The van der Waals surface area contributed by atoms with Crippen molar-refractivity contribution in [1.29, 1.82) is 0 Å². The highest BCUT2D eigenvalue weighted by atomic mass is 32.2. The summed E-state index contributed by atoms with van der Waals surface area (Å²) in [6.45, 7) is 3.63. The lowest BCUT2D eigenvalue weighted by Gasteiger charge is -2.26. The molecular formula is C12H16N2OS. The van der Waals surface area contributed by atoms with Crippen LogP contribution in [0.5, 0.6) is 0 Å². The maximum absolute atomic E-state index is 12.1. The Morgan fingerprint density at radius 3 is 2.69 bits per heavy atom. The van der Waals surface area contributed by atoms with Gasteiger partial charge in [0.15, 0.2) is 0 Å². The predicted octanol–water partition coefficient (Wildman–Crippen LogP) is 1.77. The van der Waals surface area contributed by atoms with E-state index in [0.29, 0.717) is 11.3 Å². The standard InChI is InChI=1S/C12H16N2OS/c1-9-2-3-10(8-11(9)13)12(15)14-4-6-16-7-5-14/h2-3,8H,4-7,13H2,1H3. The van der Waals surface area contributed by atoms with E-state index in [0.717, 1.165) is 30.2 Å². The number of hydrogen-bond donors (Lipinski definition) is 1. The minimum absolute atomic E-state index is 0.104. The van der Waals surface area contributed by atoms with Crippen LogP contribution >= 0.6 is 11.8 Å². The van der Waals surface area contributed by atoms with Crippen molar-refractivity contribution in [1.82, 2.24) is 4.90 Å². The van der Waals surface area contributed by atoms with Gasteiger partial charge >= 0.3 is 0 Å². The van der Waals surface area contributed by atoms with Crippen LogP contribution in [-0.4, -0.2) is 35.4 Å². The van der Waals surface area contributed by atoms with Crippen molar-refractivity contribution >= 4 is 23.4 Å². The van der Waals surface area contributed by atoms with Crippen LogP contribution in [-0.2, 0) is 0 Å². The molecule has 2 rings (SSSR count). The van der Waals surface area contributed by atoms with Crippen LogP contribution in [0.1, 0.15) is 15.9 Å². The van der Waals surface area contributed by atoms with Crippen molar-refractivity contribution in [3.05, 3.63) is 29.3 Å². The summed E-state index contributed by atoms with van der Waals surface area (Å²) in [6.07, 6.45) is 0. The molecule has 0 radical (unpaired) electrons. The van der Waals surface area contributed by atoms with Crippen molar-refractivity contribution in [2.75, 3.05) is 30.3 Å². The van der Waals surface area contributed by atoms with Crippen LogP contribution in [0.15, 0.2) is 18.2 Å². The third kappa shape index (κ3) is 2.32. The molecule has 1 amide bonds. The lowest BCUT2D eigenvalue weighted by molar-refractivity contribution is 0.0772. The Morgan fingerprint density at radius 2 is 2.06 bits per heavy atom. The predicted molar refractivity (Wildman–Crippen MR) is 68.8 cm³/mol. The Kier molecular flexibility index (Phi) is 3.39. The molecule has 1 fully saturated rings. The minimum Gasteiger partial charge on any atom is -0.398 e. The first-order valence-electron chi connectivity index (χ1n) is 5.41. The number of nitrogen functional groups attached to an aromatic ring is 1. The molecule has 1 heterocycles. The summed E-state index contributed by atoms with van der Waals surface area (Å²) in [4.78, 5) is 14.0. The normalized spacial score (nSPS) is 16.2. The fourth-order valence-electron chi connectivity index (χ4n) is 1.72. The van der Waals surface area contributed by atoms with Crippen LogP contribution < -0.4 is 5.73 Å². The zero-order valence-electron chi connectivity index (χ0n) is 9.40. The van der Waals surface area contributed by atoms with Gasteiger partial charge in [-0.3, -0.25) is 4.79 Å². The van der Waals surface area contributed by atoms with Gasteiger partial charge < -0.3 is 10.6 Å². The van der Waals surface area contributed by atoms with Crippen LogP contribution in [0.4, 0.5) is 5.69 Å². The number of rotatable bonds is 1. The first-order valence-corrected chi connectivity index (χ1v) is 6.57. The van der Waals surface area contributed by atoms with Crippen molar-refractivity contribution < 1.29 is 4.79 Å². The molecule has 1 saturated heterocycles. The van der Waals surface area contributed by atoms with Crippen molar-refractivity contribution in [2.24, 2.45) is 0 Å². The van der Waals surface area contributed by atoms with Gasteiger partial charge in [0.2, 0.25) is 0 Å². The Bertz CT molecular complexity index is 400. The van der Waals surface area contributed by atoms with Crippen molar-refractivity contribution in [2.45, 2.75) is 6.92 Å². The van der Waals surface area contributed by atoms with Gasteiger partial charge in [-0.05, 0) is 24.6 Å². The van der Waals surface area contributed by atoms with E-state index in [4.69, 9.17) is 5.73 Å². The van der Waals surface area contributed by atoms with Gasteiger partial charge in [-0.1, -0.05) is 6.07 Å². The van der Waals surface area contributed by atoms with Crippen molar-refractivity contribution in [3.8, 4) is 0 Å². The highest BCUT2D eigenvalue weighted by Gasteiger charge is 2.18. The monoisotopic (exact) mass is 236 g/mol. The van der Waals surface area contributed by atoms with Crippen LogP contribution in [0.3, 0.4) is 0 Å². The van der Waals surface area contributed by atoms with Gasteiger partial charge in [0.1, 0.15) is 0 Å². The van der Waals surface area contributed by atoms with Gasteiger partial charge in [-0.25, -0.2) is 0 Å². The number of benzene rings is 1. The fraction of sp³-hybridized carbons (Fsp3) is 0.417. The summed E-state index contributed by atoms with van der Waals surface area (Å²) >= 11 is 1.90. The minimum atomic E-state index is 0.104. The summed E-state index contributed by atoms with van der Waals surface area (Å²) in [6, 6.07) is 5.54. The smallest absolute Gasteiger partial charge is 0.253 e. The van der Waals surface area contributed by atoms with Crippen molar-refractivity contribution in [3.63, 3.8) is 0 Å². The van der Waals surface area contributed by atoms with Gasteiger partial charge in [-0.15, -0.1) is 0 Å². The molecule has 2 N–H and O–H groups in total. The van der Waals surface area contributed by atoms with Crippen LogP contribution in [0.25, 0.3) is 0 Å². The van der Waals surface area contributed by atoms with E-state index in [2.05, 4.69) is 0 Å². The molecule has 0 atom stereocenters. The molecule has 4 heteroatoms. The van der Waals surface area contributed by atoms with E-state index >= 15 is 0 Å². The van der Waals surface area contributed by atoms with Gasteiger partial charge in [-0.2, -0.15) is 11.8 Å². The lowest BCUT2D eigenvalue weighted by Crippen LogP contribution is -2.37. The average molecular weight is 236 g/mol. The fourth-order valence-corrected chi connectivity index (χ4v) is 2.63. The molecule has 0 unspecified atom stereocenters. The number of amides is 1. The molecule has 1 aliphatic heterocycles. The molecule has 0 aliphatic carbocycles. The molecular weight excluding hydrogens is 220 g/mol. The second-order valence-electron chi connectivity index (χ2n) is 3.98.